The van der Waals surface area contributed by atoms with Gasteiger partial charge in [-0.15, -0.1) is 0 Å². The highest BCUT2D eigenvalue weighted by atomic mass is 35.5. The van der Waals surface area contributed by atoms with Gasteiger partial charge in [-0.1, -0.05) is 11.6 Å². The summed E-state index contributed by atoms with van der Waals surface area (Å²) in [7, 11) is 0. The molecular formula is C19H20ClNO5. The van der Waals surface area contributed by atoms with Crippen molar-refractivity contribution in [3.05, 3.63) is 57.4 Å². The van der Waals surface area contributed by atoms with Crippen LogP contribution in [-0.4, -0.2) is 35.4 Å². The van der Waals surface area contributed by atoms with E-state index in [1.165, 1.54) is 6.92 Å². The van der Waals surface area contributed by atoms with Gasteiger partial charge in [-0.3, -0.25) is 4.79 Å². The van der Waals surface area contributed by atoms with Gasteiger partial charge in [0.15, 0.2) is 6.10 Å². The molecule has 0 radical (unpaired) electrons. The van der Waals surface area contributed by atoms with E-state index in [-0.39, 0.29) is 18.1 Å². The molecule has 1 heterocycles. The van der Waals surface area contributed by atoms with Crippen LogP contribution in [0.3, 0.4) is 0 Å². The fourth-order valence-corrected chi connectivity index (χ4v) is 2.71. The predicted molar refractivity (Wildman–Crippen MR) is 96.9 cm³/mol. The van der Waals surface area contributed by atoms with Crippen molar-refractivity contribution in [2.75, 3.05) is 6.61 Å². The lowest BCUT2D eigenvalue weighted by molar-refractivity contribution is 0.0313. The third-order valence-corrected chi connectivity index (χ3v) is 4.15. The number of hydrogen-bond donors (Lipinski definition) is 1. The summed E-state index contributed by atoms with van der Waals surface area (Å²) in [5.74, 6) is -1.57. The van der Waals surface area contributed by atoms with Gasteiger partial charge in [-0.05, 0) is 57.5 Å². The van der Waals surface area contributed by atoms with E-state index < -0.39 is 18.0 Å². The number of H-pyrrole nitrogens is 1. The fourth-order valence-electron chi connectivity index (χ4n) is 2.59. The van der Waals surface area contributed by atoms with E-state index in [9.17, 15) is 14.4 Å². The molecule has 1 aromatic heterocycles. The number of ether oxygens (including phenoxy) is 2. The summed E-state index contributed by atoms with van der Waals surface area (Å²) in [5.41, 5.74) is 1.75. The number of ketones is 1. The molecule has 0 fully saturated rings. The maximum Gasteiger partial charge on any atom is 0.355 e. The number of esters is 2. The number of benzene rings is 1. The van der Waals surface area contributed by atoms with Crippen LogP contribution in [0.4, 0.5) is 0 Å². The second-order valence-corrected chi connectivity index (χ2v) is 6.20. The van der Waals surface area contributed by atoms with Gasteiger partial charge in [0.25, 0.3) is 0 Å². The molecule has 0 aliphatic carbocycles. The van der Waals surface area contributed by atoms with Crippen molar-refractivity contribution >= 4 is 29.3 Å². The van der Waals surface area contributed by atoms with Gasteiger partial charge >= 0.3 is 11.9 Å². The molecule has 0 spiro atoms. The Kier molecular flexibility index (Phi) is 6.21. The Hall–Kier alpha value is -2.60. The first-order valence-electron chi connectivity index (χ1n) is 8.13. The molecule has 2 rings (SSSR count). The van der Waals surface area contributed by atoms with Crippen LogP contribution in [0.1, 0.15) is 56.3 Å². The Morgan fingerprint density at radius 3 is 2.31 bits per heavy atom. The topological polar surface area (TPSA) is 85.5 Å². The molecule has 1 N–H and O–H groups in total. The van der Waals surface area contributed by atoms with E-state index in [1.807, 2.05) is 0 Å². The smallest absolute Gasteiger partial charge is 0.355 e. The molecule has 0 amide bonds. The van der Waals surface area contributed by atoms with Crippen LogP contribution < -0.4 is 0 Å². The molecule has 0 saturated carbocycles. The van der Waals surface area contributed by atoms with Crippen LogP contribution >= 0.6 is 11.6 Å². The Balaban J connectivity index is 2.17. The van der Waals surface area contributed by atoms with Crippen molar-refractivity contribution in [2.24, 2.45) is 0 Å². The molecule has 2 aromatic rings. The zero-order valence-corrected chi connectivity index (χ0v) is 15.8. The van der Waals surface area contributed by atoms with E-state index in [2.05, 4.69) is 4.98 Å². The highest BCUT2D eigenvalue weighted by molar-refractivity contribution is 6.30. The third-order valence-electron chi connectivity index (χ3n) is 3.90. The van der Waals surface area contributed by atoms with E-state index in [4.69, 9.17) is 21.1 Å². The lowest BCUT2D eigenvalue weighted by atomic mass is 10.1. The summed E-state index contributed by atoms with van der Waals surface area (Å²) in [6.07, 6.45) is -0.988. The normalized spacial score (nSPS) is 11.7. The molecule has 0 aliphatic rings. The SMILES string of the molecule is CCOC(=O)c1c(C)[nH]c(C(=O)O[C@@H](C)C(=O)c2ccc(Cl)cc2)c1C. The number of hydrogen-bond acceptors (Lipinski definition) is 5. The molecule has 6 nitrogen and oxygen atoms in total. The van der Waals surface area contributed by atoms with E-state index in [1.54, 1.807) is 45.0 Å². The lowest BCUT2D eigenvalue weighted by Crippen LogP contribution is -2.25. The van der Waals surface area contributed by atoms with Gasteiger partial charge in [0.2, 0.25) is 5.78 Å². The summed E-state index contributed by atoms with van der Waals surface area (Å²) >= 11 is 5.80. The molecule has 0 saturated heterocycles. The molecule has 138 valence electrons. The Bertz CT molecular complexity index is 838. The maximum atomic E-state index is 12.4. The van der Waals surface area contributed by atoms with Crippen LogP contribution in [0, 0.1) is 13.8 Å². The average Bonchev–Trinajstić information content (AvgIpc) is 2.89. The second kappa shape index (κ2) is 8.19. The summed E-state index contributed by atoms with van der Waals surface area (Å²) in [6.45, 7) is 6.71. The lowest BCUT2D eigenvalue weighted by Gasteiger charge is -2.12. The number of halogens is 1. The fraction of sp³-hybridized carbons (Fsp3) is 0.316. The first-order chi connectivity index (χ1) is 12.3. The summed E-state index contributed by atoms with van der Waals surface area (Å²) in [5, 5.41) is 0.509. The van der Waals surface area contributed by atoms with Crippen molar-refractivity contribution in [3.8, 4) is 0 Å². The largest absolute Gasteiger partial charge is 0.462 e. The highest BCUT2D eigenvalue weighted by Gasteiger charge is 2.26. The van der Waals surface area contributed by atoms with Crippen molar-refractivity contribution in [3.63, 3.8) is 0 Å². The molecule has 0 aliphatic heterocycles. The predicted octanol–water partition coefficient (Wildman–Crippen LogP) is 3.89. The number of Topliss-reactive ketones (excluding diaryl/α,β-unsaturated/α-hetero) is 1. The number of aromatic amines is 1. The average molecular weight is 378 g/mol. The monoisotopic (exact) mass is 377 g/mol. The van der Waals surface area contributed by atoms with Crippen molar-refractivity contribution in [1.29, 1.82) is 0 Å². The number of aromatic nitrogens is 1. The number of rotatable bonds is 6. The van der Waals surface area contributed by atoms with Crippen LogP contribution in [0.15, 0.2) is 24.3 Å². The zero-order chi connectivity index (χ0) is 19.4. The van der Waals surface area contributed by atoms with Gasteiger partial charge in [0, 0.05) is 16.3 Å². The van der Waals surface area contributed by atoms with Crippen molar-refractivity contribution in [1.82, 2.24) is 4.98 Å². The molecule has 1 aromatic carbocycles. The van der Waals surface area contributed by atoms with Gasteiger partial charge in [-0.25, -0.2) is 9.59 Å². The van der Waals surface area contributed by atoms with E-state index >= 15 is 0 Å². The van der Waals surface area contributed by atoms with Crippen LogP contribution in [-0.2, 0) is 9.47 Å². The summed E-state index contributed by atoms with van der Waals surface area (Å²) in [4.78, 5) is 39.6. The van der Waals surface area contributed by atoms with Crippen molar-refractivity contribution < 1.29 is 23.9 Å². The molecule has 0 bridgehead atoms. The number of aryl methyl sites for hydroxylation is 1. The van der Waals surface area contributed by atoms with Gasteiger partial charge in [0.05, 0.1) is 12.2 Å². The summed E-state index contributed by atoms with van der Waals surface area (Å²) < 4.78 is 10.3. The molecular weight excluding hydrogens is 358 g/mol. The number of carbonyl (C=O) groups is 3. The first-order valence-corrected chi connectivity index (χ1v) is 8.51. The quantitative estimate of drug-likeness (QED) is 0.609. The zero-order valence-electron chi connectivity index (χ0n) is 15.0. The van der Waals surface area contributed by atoms with Crippen LogP contribution in [0.25, 0.3) is 0 Å². The molecule has 26 heavy (non-hydrogen) atoms. The second-order valence-electron chi connectivity index (χ2n) is 5.76. The minimum Gasteiger partial charge on any atom is -0.462 e. The third kappa shape index (κ3) is 4.14. The molecule has 0 unspecified atom stereocenters. The maximum absolute atomic E-state index is 12.4. The van der Waals surface area contributed by atoms with E-state index in [0.29, 0.717) is 27.4 Å². The Morgan fingerprint density at radius 2 is 1.73 bits per heavy atom. The summed E-state index contributed by atoms with van der Waals surface area (Å²) in [6, 6.07) is 6.32. The number of carbonyl (C=O) groups excluding carboxylic acids is 3. The van der Waals surface area contributed by atoms with Crippen LogP contribution in [0.5, 0.6) is 0 Å². The van der Waals surface area contributed by atoms with Crippen molar-refractivity contribution in [2.45, 2.75) is 33.8 Å². The number of nitrogens with one attached hydrogen (secondary N) is 1. The van der Waals surface area contributed by atoms with Gasteiger partial charge in [0.1, 0.15) is 5.69 Å². The van der Waals surface area contributed by atoms with Gasteiger partial charge < -0.3 is 14.5 Å². The minimum atomic E-state index is -0.988. The first kappa shape index (κ1) is 19.7. The Labute approximate surface area is 156 Å². The Morgan fingerprint density at radius 1 is 1.12 bits per heavy atom. The molecule has 1 atom stereocenters. The molecule has 7 heteroatoms. The minimum absolute atomic E-state index is 0.126. The highest BCUT2D eigenvalue weighted by Crippen LogP contribution is 2.21. The van der Waals surface area contributed by atoms with Gasteiger partial charge in [-0.2, -0.15) is 0 Å². The van der Waals surface area contributed by atoms with E-state index in [0.717, 1.165) is 0 Å². The standard InChI is InChI=1S/C19H20ClNO5/c1-5-25-18(23)15-10(2)16(21-11(15)3)19(24)26-12(4)17(22)13-6-8-14(20)9-7-13/h6-9,12,21H,5H2,1-4H3/t12-/m0/s1. The van der Waals surface area contributed by atoms with Crippen LogP contribution in [0.2, 0.25) is 5.02 Å².